The molecule has 0 aliphatic carbocycles. The molecule has 12 atom stereocenters. The van der Waals surface area contributed by atoms with Crippen LogP contribution in [0, 0.1) is 0 Å². The Hall–Kier alpha value is -2.83. The molecule has 2 heterocycles. The highest BCUT2D eigenvalue weighted by Crippen LogP contribution is 2.30. The van der Waals surface area contributed by atoms with E-state index in [4.69, 9.17) is 18.9 Å². The van der Waals surface area contributed by atoms with Gasteiger partial charge in [-0.2, -0.15) is 0 Å². The van der Waals surface area contributed by atoms with E-state index in [9.17, 15) is 45.6 Å². The molecule has 79 heavy (non-hydrogen) atoms. The normalized spacial score (nSPS) is 25.0. The van der Waals surface area contributed by atoms with Gasteiger partial charge in [-0.1, -0.05) is 221 Å². The van der Waals surface area contributed by atoms with E-state index >= 15 is 0 Å². The molecule has 0 radical (unpaired) electrons. The standard InChI is InChI=1S/C65H113NO13/c1-3-5-7-9-11-13-15-17-19-21-22-23-24-25-26-27-28-29-30-31-32-33-35-37-39-41-43-45-47-49-57(70)66-53(54(69)48-46-44-42-40-38-36-34-20-18-16-14-12-10-8-6-4-2)52-76-64-62(75)60(73)63(56(51-68)78-64)79-65-61(74)59(72)58(71)55(50-67)77-65/h5,7,11,13,17-20,22-23,38,40,46,48,53-56,58-65,67-69,71-75H,3-4,6,8-10,12,14-16,21,24-37,39,41-45,47,49-52H2,1-2H3,(H,66,70)/b7-5-,13-11-,19-17-,20-18+,23-22-,40-38+,48-46+. The second kappa shape index (κ2) is 49.8. The van der Waals surface area contributed by atoms with Gasteiger partial charge >= 0.3 is 0 Å². The van der Waals surface area contributed by atoms with Crippen LogP contribution in [0.25, 0.3) is 0 Å². The minimum atomic E-state index is -1.79. The zero-order chi connectivity index (χ0) is 57.4. The van der Waals surface area contributed by atoms with E-state index in [1.807, 2.05) is 6.08 Å². The summed E-state index contributed by atoms with van der Waals surface area (Å²) in [6.45, 7) is 2.65. The molecule has 2 rings (SSSR count). The number of allylic oxidation sites excluding steroid dienone is 13. The van der Waals surface area contributed by atoms with Crippen LogP contribution in [0.15, 0.2) is 85.1 Å². The van der Waals surface area contributed by atoms with Crippen LogP contribution in [0.2, 0.25) is 0 Å². The molecule has 0 aromatic heterocycles. The predicted octanol–water partition coefficient (Wildman–Crippen LogP) is 11.3. The predicted molar refractivity (Wildman–Crippen MR) is 318 cm³/mol. The third-order valence-electron chi connectivity index (χ3n) is 14.8. The Balaban J connectivity index is 1.71. The average molecular weight is 1120 g/mol. The van der Waals surface area contributed by atoms with Crippen molar-refractivity contribution < 1.29 is 64.6 Å². The molecule has 0 spiro atoms. The topological polar surface area (TPSA) is 228 Å². The summed E-state index contributed by atoms with van der Waals surface area (Å²) < 4.78 is 22.8. The number of aliphatic hydroxyl groups excluding tert-OH is 8. The molecule has 0 aromatic carbocycles. The van der Waals surface area contributed by atoms with Crippen LogP contribution in [0.1, 0.15) is 226 Å². The highest BCUT2D eigenvalue weighted by atomic mass is 16.7. The highest BCUT2D eigenvalue weighted by molar-refractivity contribution is 5.76. The van der Waals surface area contributed by atoms with Gasteiger partial charge in [0.15, 0.2) is 12.6 Å². The molecule has 0 bridgehead atoms. The van der Waals surface area contributed by atoms with Gasteiger partial charge < -0.3 is 65.1 Å². The number of ether oxygens (including phenoxy) is 4. The molecular weight excluding hydrogens is 1000 g/mol. The van der Waals surface area contributed by atoms with Gasteiger partial charge in [-0.3, -0.25) is 4.79 Å². The Kier molecular flexibility index (Phi) is 45.5. The minimum Gasteiger partial charge on any atom is -0.394 e. The molecule has 0 aromatic rings. The summed E-state index contributed by atoms with van der Waals surface area (Å²) in [5, 5.41) is 87.1. The zero-order valence-electron chi connectivity index (χ0n) is 49.1. The molecule has 1 amide bonds. The van der Waals surface area contributed by atoms with Crippen LogP contribution < -0.4 is 5.32 Å². The quantitative estimate of drug-likeness (QED) is 0.0204. The number of amides is 1. The second-order valence-corrected chi connectivity index (χ2v) is 21.8. The van der Waals surface area contributed by atoms with Crippen LogP contribution in [-0.2, 0) is 23.7 Å². The summed E-state index contributed by atoms with van der Waals surface area (Å²) in [7, 11) is 0. The van der Waals surface area contributed by atoms with Crippen LogP contribution in [0.4, 0.5) is 0 Å². The minimum absolute atomic E-state index is 0.255. The fourth-order valence-electron chi connectivity index (χ4n) is 9.78. The van der Waals surface area contributed by atoms with Crippen molar-refractivity contribution in [1.82, 2.24) is 5.32 Å². The van der Waals surface area contributed by atoms with E-state index in [0.717, 1.165) is 70.6 Å². The Bertz CT molecular complexity index is 1650. The number of hydrogen-bond donors (Lipinski definition) is 9. The number of carbonyl (C=O) groups excluding carboxylic acids is 1. The summed E-state index contributed by atoms with van der Waals surface area (Å²) in [4.78, 5) is 13.3. The van der Waals surface area contributed by atoms with Crippen molar-refractivity contribution in [2.45, 2.75) is 299 Å². The van der Waals surface area contributed by atoms with Gasteiger partial charge in [0.1, 0.15) is 48.8 Å². The second-order valence-electron chi connectivity index (χ2n) is 21.8. The highest BCUT2D eigenvalue weighted by Gasteiger charge is 2.51. The molecule has 12 unspecified atom stereocenters. The third-order valence-corrected chi connectivity index (χ3v) is 14.8. The molecule has 456 valence electrons. The zero-order valence-corrected chi connectivity index (χ0v) is 49.1. The summed E-state index contributed by atoms with van der Waals surface area (Å²) >= 11 is 0. The van der Waals surface area contributed by atoms with Crippen molar-refractivity contribution in [3.8, 4) is 0 Å². The Labute approximate surface area is 478 Å². The molecule has 14 heteroatoms. The van der Waals surface area contributed by atoms with E-state index in [1.54, 1.807) is 6.08 Å². The molecule has 2 aliphatic rings. The van der Waals surface area contributed by atoms with Gasteiger partial charge in [0, 0.05) is 6.42 Å². The van der Waals surface area contributed by atoms with E-state index in [1.165, 1.54) is 122 Å². The van der Waals surface area contributed by atoms with Gasteiger partial charge in [0.05, 0.1) is 32.0 Å². The SMILES string of the molecule is CC/C=C\C/C=C\C/C=C\C/C=C\CCCCCCCCCCCCCCCCCCC(=O)NC(COC1OC(CO)C(OC2OC(CO)C(O)C(O)C2O)C(O)C1O)C(O)/C=C/CC/C=C/CC/C=C/CCCCCCCC. The lowest BCUT2D eigenvalue weighted by Crippen LogP contribution is -2.65. The van der Waals surface area contributed by atoms with E-state index in [0.29, 0.717) is 12.8 Å². The summed E-state index contributed by atoms with van der Waals surface area (Å²) in [5.41, 5.74) is 0. The van der Waals surface area contributed by atoms with Gasteiger partial charge in [-0.25, -0.2) is 0 Å². The average Bonchev–Trinajstić information content (AvgIpc) is 3.48. The monoisotopic (exact) mass is 1120 g/mol. The number of nitrogens with one attached hydrogen (secondary N) is 1. The molecular formula is C65H113NO13. The summed E-state index contributed by atoms with van der Waals surface area (Å²) in [6, 6.07) is -0.941. The number of unbranched alkanes of at least 4 members (excludes halogenated alkanes) is 24. The van der Waals surface area contributed by atoms with Crippen molar-refractivity contribution in [1.29, 1.82) is 0 Å². The Morgan fingerprint density at radius 2 is 0.886 bits per heavy atom. The first-order chi connectivity index (χ1) is 38.6. The molecule has 0 saturated carbocycles. The number of hydrogen-bond acceptors (Lipinski definition) is 13. The van der Waals surface area contributed by atoms with Gasteiger partial charge in [-0.05, 0) is 83.5 Å². The van der Waals surface area contributed by atoms with Gasteiger partial charge in [0.2, 0.25) is 5.91 Å². The fourth-order valence-corrected chi connectivity index (χ4v) is 9.78. The Morgan fingerprint density at radius 3 is 1.39 bits per heavy atom. The van der Waals surface area contributed by atoms with E-state index < -0.39 is 86.8 Å². The fraction of sp³-hybridized carbons (Fsp3) is 0.769. The van der Waals surface area contributed by atoms with Gasteiger partial charge in [0.25, 0.3) is 0 Å². The van der Waals surface area contributed by atoms with Crippen molar-refractivity contribution >= 4 is 5.91 Å². The van der Waals surface area contributed by atoms with Crippen molar-refractivity contribution in [3.05, 3.63) is 85.1 Å². The maximum absolute atomic E-state index is 13.3. The molecule has 14 nitrogen and oxygen atoms in total. The largest absolute Gasteiger partial charge is 0.394 e. The van der Waals surface area contributed by atoms with Crippen molar-refractivity contribution in [3.63, 3.8) is 0 Å². The van der Waals surface area contributed by atoms with Crippen molar-refractivity contribution in [2.75, 3.05) is 19.8 Å². The van der Waals surface area contributed by atoms with Gasteiger partial charge in [-0.15, -0.1) is 0 Å². The summed E-state index contributed by atoms with van der Waals surface area (Å²) in [6.07, 6.45) is 50.6. The Morgan fingerprint density at radius 1 is 0.468 bits per heavy atom. The third kappa shape index (κ3) is 35.0. The lowest BCUT2D eigenvalue weighted by atomic mass is 9.97. The first-order valence-corrected chi connectivity index (χ1v) is 31.3. The van der Waals surface area contributed by atoms with E-state index in [2.05, 4.69) is 92.1 Å². The lowest BCUT2D eigenvalue weighted by molar-refractivity contribution is -0.359. The van der Waals surface area contributed by atoms with Crippen LogP contribution in [-0.4, -0.2) is 140 Å². The number of carbonyl (C=O) groups is 1. The maximum atomic E-state index is 13.3. The summed E-state index contributed by atoms with van der Waals surface area (Å²) in [5.74, 6) is -0.255. The molecule has 2 saturated heterocycles. The molecule has 2 fully saturated rings. The van der Waals surface area contributed by atoms with Crippen molar-refractivity contribution in [2.24, 2.45) is 0 Å². The van der Waals surface area contributed by atoms with Crippen LogP contribution in [0.5, 0.6) is 0 Å². The molecule has 9 N–H and O–H groups in total. The first-order valence-electron chi connectivity index (χ1n) is 31.3. The first kappa shape index (κ1) is 72.3. The molecule has 2 aliphatic heterocycles. The maximum Gasteiger partial charge on any atom is 0.220 e. The number of aliphatic hydroxyl groups is 8. The smallest absolute Gasteiger partial charge is 0.220 e. The van der Waals surface area contributed by atoms with E-state index in [-0.39, 0.29) is 18.9 Å². The lowest BCUT2D eigenvalue weighted by Gasteiger charge is -2.46. The van der Waals surface area contributed by atoms with Crippen LogP contribution in [0.3, 0.4) is 0 Å². The van der Waals surface area contributed by atoms with Crippen LogP contribution >= 0.6 is 0 Å². The number of rotatable bonds is 49.